The summed E-state index contributed by atoms with van der Waals surface area (Å²) in [4.78, 5) is 9.87. The van der Waals surface area contributed by atoms with Gasteiger partial charge in [0.15, 0.2) is 17.5 Å². The van der Waals surface area contributed by atoms with Crippen molar-refractivity contribution in [2.75, 3.05) is 53.5 Å². The number of hydrogen-bond donors (Lipinski definition) is 1. The fraction of sp³-hybridized carbons (Fsp3) is 0.667. The highest BCUT2D eigenvalue weighted by molar-refractivity contribution is 14.0. The van der Waals surface area contributed by atoms with Gasteiger partial charge in [-0.2, -0.15) is 0 Å². The third kappa shape index (κ3) is 5.43. The molecule has 1 fully saturated rings. The first-order chi connectivity index (χ1) is 13.2. The average molecular weight is 502 g/mol. The Balaban J connectivity index is 0.00000280. The lowest BCUT2D eigenvalue weighted by Crippen LogP contribution is -2.44. The van der Waals surface area contributed by atoms with E-state index in [4.69, 9.17) is 14.5 Å². The molecule has 1 unspecified atom stereocenters. The summed E-state index contributed by atoms with van der Waals surface area (Å²) >= 11 is 0. The molecular formula is C21H35IN4O2. The molecule has 0 saturated carbocycles. The van der Waals surface area contributed by atoms with Crippen LogP contribution in [0.4, 0.5) is 0 Å². The average Bonchev–Trinajstić information content (AvgIpc) is 3.17. The summed E-state index contributed by atoms with van der Waals surface area (Å²) in [5.41, 5.74) is 2.64. The number of fused-ring (bicyclic) bond motifs is 1. The van der Waals surface area contributed by atoms with Gasteiger partial charge in [0, 0.05) is 32.7 Å². The Hall–Kier alpha value is -1.22. The Morgan fingerprint density at radius 2 is 1.86 bits per heavy atom. The molecule has 28 heavy (non-hydrogen) atoms. The van der Waals surface area contributed by atoms with Crippen LogP contribution in [0.3, 0.4) is 0 Å². The minimum Gasteiger partial charge on any atom is -0.493 e. The molecule has 0 amide bonds. The van der Waals surface area contributed by atoms with Crippen LogP contribution < -0.4 is 14.8 Å². The lowest BCUT2D eigenvalue weighted by molar-refractivity contribution is 0.340. The number of methoxy groups -OCH3 is 2. The van der Waals surface area contributed by atoms with Crippen LogP contribution in [-0.2, 0) is 13.0 Å². The van der Waals surface area contributed by atoms with Crippen molar-refractivity contribution in [1.29, 1.82) is 0 Å². The second-order valence-corrected chi connectivity index (χ2v) is 7.39. The van der Waals surface area contributed by atoms with Crippen molar-refractivity contribution in [3.63, 3.8) is 0 Å². The molecular weight excluding hydrogens is 467 g/mol. The lowest BCUT2D eigenvalue weighted by atomic mass is 9.99. The number of nitrogens with one attached hydrogen (secondary N) is 1. The van der Waals surface area contributed by atoms with Gasteiger partial charge in [0.05, 0.1) is 14.2 Å². The van der Waals surface area contributed by atoms with E-state index >= 15 is 0 Å². The van der Waals surface area contributed by atoms with Crippen molar-refractivity contribution in [3.05, 3.63) is 23.3 Å². The number of guanidine groups is 1. The Bertz CT molecular complexity index is 668. The molecule has 1 atom stereocenters. The maximum Gasteiger partial charge on any atom is 0.194 e. The van der Waals surface area contributed by atoms with Gasteiger partial charge >= 0.3 is 0 Å². The Morgan fingerprint density at radius 1 is 1.14 bits per heavy atom. The van der Waals surface area contributed by atoms with Crippen molar-refractivity contribution in [2.45, 2.75) is 33.2 Å². The SMILES string of the molecule is CCNC(=NCC1CCN(CC)C1)N1CCc2cc(OC)c(OC)cc2C1.I. The van der Waals surface area contributed by atoms with Crippen molar-refractivity contribution >= 4 is 29.9 Å². The molecule has 2 aliphatic rings. The van der Waals surface area contributed by atoms with Gasteiger partial charge in [-0.05, 0) is 62.0 Å². The van der Waals surface area contributed by atoms with Crippen LogP contribution in [0.2, 0.25) is 0 Å². The van der Waals surface area contributed by atoms with Crippen molar-refractivity contribution in [1.82, 2.24) is 15.1 Å². The van der Waals surface area contributed by atoms with Crippen LogP contribution in [0.1, 0.15) is 31.4 Å². The zero-order chi connectivity index (χ0) is 19.2. The zero-order valence-electron chi connectivity index (χ0n) is 17.7. The highest BCUT2D eigenvalue weighted by Crippen LogP contribution is 2.33. The molecule has 1 saturated heterocycles. The van der Waals surface area contributed by atoms with Gasteiger partial charge < -0.3 is 24.6 Å². The van der Waals surface area contributed by atoms with E-state index in [9.17, 15) is 0 Å². The van der Waals surface area contributed by atoms with Gasteiger partial charge in [-0.25, -0.2) is 0 Å². The molecule has 2 heterocycles. The maximum atomic E-state index is 5.49. The van der Waals surface area contributed by atoms with Crippen molar-refractivity contribution < 1.29 is 9.47 Å². The van der Waals surface area contributed by atoms with Crippen molar-refractivity contribution in [3.8, 4) is 11.5 Å². The fourth-order valence-corrected chi connectivity index (χ4v) is 4.05. The third-order valence-electron chi connectivity index (χ3n) is 5.67. The number of aliphatic imine (C=N–C) groups is 1. The van der Waals surface area contributed by atoms with E-state index in [1.54, 1.807) is 14.2 Å². The van der Waals surface area contributed by atoms with E-state index in [0.717, 1.165) is 56.6 Å². The minimum atomic E-state index is 0. The van der Waals surface area contributed by atoms with E-state index in [0.29, 0.717) is 5.92 Å². The van der Waals surface area contributed by atoms with E-state index in [1.165, 1.54) is 30.6 Å². The molecule has 1 aromatic rings. The van der Waals surface area contributed by atoms with E-state index in [-0.39, 0.29) is 24.0 Å². The smallest absolute Gasteiger partial charge is 0.194 e. The summed E-state index contributed by atoms with van der Waals surface area (Å²) in [7, 11) is 3.38. The third-order valence-corrected chi connectivity index (χ3v) is 5.67. The summed E-state index contributed by atoms with van der Waals surface area (Å²) < 4.78 is 10.9. The topological polar surface area (TPSA) is 49.3 Å². The Morgan fingerprint density at radius 3 is 2.46 bits per heavy atom. The molecule has 1 aromatic carbocycles. The first-order valence-electron chi connectivity index (χ1n) is 10.2. The minimum absolute atomic E-state index is 0. The van der Waals surface area contributed by atoms with E-state index < -0.39 is 0 Å². The highest BCUT2D eigenvalue weighted by Gasteiger charge is 2.24. The second kappa shape index (κ2) is 11.1. The number of ether oxygens (including phenoxy) is 2. The Kier molecular flexibility index (Phi) is 9.14. The second-order valence-electron chi connectivity index (χ2n) is 7.39. The zero-order valence-corrected chi connectivity index (χ0v) is 20.0. The summed E-state index contributed by atoms with van der Waals surface area (Å²) in [6, 6.07) is 4.23. The first kappa shape index (κ1) is 23.1. The predicted octanol–water partition coefficient (Wildman–Crippen LogP) is 2.99. The number of rotatable bonds is 6. The predicted molar refractivity (Wildman–Crippen MR) is 125 cm³/mol. The molecule has 2 aliphatic heterocycles. The normalized spacial score (nSPS) is 19.8. The highest BCUT2D eigenvalue weighted by atomic mass is 127. The first-order valence-corrected chi connectivity index (χ1v) is 10.2. The molecule has 0 bridgehead atoms. The van der Waals surface area contributed by atoms with Crippen LogP contribution >= 0.6 is 24.0 Å². The Labute approximate surface area is 186 Å². The maximum absolute atomic E-state index is 5.49. The summed E-state index contributed by atoms with van der Waals surface area (Å²) in [6.45, 7) is 11.5. The fourth-order valence-electron chi connectivity index (χ4n) is 4.05. The van der Waals surface area contributed by atoms with Crippen LogP contribution in [0, 0.1) is 5.92 Å². The molecule has 0 aliphatic carbocycles. The van der Waals surface area contributed by atoms with Crippen molar-refractivity contribution in [2.24, 2.45) is 10.9 Å². The molecule has 6 nitrogen and oxygen atoms in total. The summed E-state index contributed by atoms with van der Waals surface area (Å²) in [5, 5.41) is 3.49. The largest absolute Gasteiger partial charge is 0.493 e. The number of benzene rings is 1. The number of hydrogen-bond acceptors (Lipinski definition) is 4. The summed E-state index contributed by atoms with van der Waals surface area (Å²) in [6.07, 6.45) is 2.25. The number of halogens is 1. The number of likely N-dealkylation sites (tertiary alicyclic amines) is 1. The molecule has 0 radical (unpaired) electrons. The quantitative estimate of drug-likeness (QED) is 0.369. The van der Waals surface area contributed by atoms with Crippen LogP contribution in [0.5, 0.6) is 11.5 Å². The van der Waals surface area contributed by atoms with Gasteiger partial charge in [-0.15, -0.1) is 24.0 Å². The van der Waals surface area contributed by atoms with Gasteiger partial charge in [0.1, 0.15) is 0 Å². The van der Waals surface area contributed by atoms with E-state index in [2.05, 4.69) is 41.1 Å². The molecule has 158 valence electrons. The molecule has 1 N–H and O–H groups in total. The van der Waals surface area contributed by atoms with Crippen LogP contribution in [0.25, 0.3) is 0 Å². The van der Waals surface area contributed by atoms with Crippen LogP contribution in [0.15, 0.2) is 17.1 Å². The van der Waals surface area contributed by atoms with Gasteiger partial charge in [-0.1, -0.05) is 6.92 Å². The van der Waals surface area contributed by atoms with Gasteiger partial charge in [0.25, 0.3) is 0 Å². The van der Waals surface area contributed by atoms with Gasteiger partial charge in [0.2, 0.25) is 0 Å². The number of nitrogens with zero attached hydrogens (tertiary/aromatic N) is 3. The molecule has 0 aromatic heterocycles. The van der Waals surface area contributed by atoms with Gasteiger partial charge in [-0.3, -0.25) is 4.99 Å². The lowest BCUT2D eigenvalue weighted by Gasteiger charge is -2.32. The molecule has 3 rings (SSSR count). The molecule has 7 heteroatoms. The monoisotopic (exact) mass is 502 g/mol. The molecule has 0 spiro atoms. The van der Waals surface area contributed by atoms with E-state index in [1.807, 2.05) is 0 Å². The standard InChI is InChI=1S/C21H34N4O2.HI/c1-5-22-21(23-13-16-7-9-24(6-2)14-16)25-10-8-17-11-19(26-3)20(27-4)12-18(17)15-25;/h11-12,16H,5-10,13-15H2,1-4H3,(H,22,23);1H. The van der Waals surface area contributed by atoms with Crippen LogP contribution in [-0.4, -0.2) is 69.2 Å². The summed E-state index contributed by atoms with van der Waals surface area (Å²) in [5.74, 6) is 3.32.